The predicted octanol–water partition coefficient (Wildman–Crippen LogP) is 3.81. The van der Waals surface area contributed by atoms with Crippen LogP contribution in [0.2, 0.25) is 0 Å². The number of aryl methyl sites for hydroxylation is 1. The summed E-state index contributed by atoms with van der Waals surface area (Å²) in [5, 5.41) is 6.99. The Hall–Kier alpha value is -3.88. The van der Waals surface area contributed by atoms with Gasteiger partial charge in [0.1, 0.15) is 28.5 Å². The molecule has 34 heavy (non-hydrogen) atoms. The number of hydrogen-bond acceptors (Lipinski definition) is 6. The standard InChI is InChI=1S/C25H27N5O4/c1-25(2)14-18-20(33-17-6-7-19(26-15-17)24(32)30-9-4-5-10-30)12-16(13-21(18)34-25)23(31)27-22-8-11-29(3)28-22/h6-8,11-13,15H,4-5,9-10,14H2,1-3H3,(H,27,28,31). The number of anilines is 1. The molecule has 2 amide bonds. The second-order valence-corrected chi connectivity index (χ2v) is 9.30. The van der Waals surface area contributed by atoms with Crippen molar-refractivity contribution in [2.75, 3.05) is 18.4 Å². The molecule has 0 atom stereocenters. The Morgan fingerprint density at radius 2 is 1.94 bits per heavy atom. The average molecular weight is 462 g/mol. The van der Waals surface area contributed by atoms with Gasteiger partial charge in [0.05, 0.1) is 6.20 Å². The van der Waals surface area contributed by atoms with Crippen molar-refractivity contribution in [2.45, 2.75) is 38.7 Å². The second-order valence-electron chi connectivity index (χ2n) is 9.30. The van der Waals surface area contributed by atoms with Crippen LogP contribution in [0.5, 0.6) is 17.2 Å². The van der Waals surface area contributed by atoms with E-state index >= 15 is 0 Å². The third kappa shape index (κ3) is 4.46. The number of amides is 2. The molecular formula is C25H27N5O4. The topological polar surface area (TPSA) is 98.6 Å². The average Bonchev–Trinajstić information content (AvgIpc) is 3.53. The molecule has 2 aliphatic heterocycles. The predicted molar refractivity (Wildman–Crippen MR) is 125 cm³/mol. The molecule has 9 nitrogen and oxygen atoms in total. The number of nitrogens with one attached hydrogen (secondary N) is 1. The zero-order valence-electron chi connectivity index (χ0n) is 19.5. The fraction of sp³-hybridized carbons (Fsp3) is 0.360. The van der Waals surface area contributed by atoms with Crippen molar-refractivity contribution in [3.8, 4) is 17.2 Å². The molecule has 9 heteroatoms. The van der Waals surface area contributed by atoms with Crippen LogP contribution in [0, 0.1) is 0 Å². The summed E-state index contributed by atoms with van der Waals surface area (Å²) in [5.74, 6) is 1.70. The molecule has 0 saturated carbocycles. The van der Waals surface area contributed by atoms with Gasteiger partial charge in [-0.1, -0.05) is 0 Å². The molecule has 0 unspecified atom stereocenters. The first-order valence-electron chi connectivity index (χ1n) is 11.4. The van der Waals surface area contributed by atoms with E-state index in [0.29, 0.717) is 40.7 Å². The summed E-state index contributed by atoms with van der Waals surface area (Å²) in [4.78, 5) is 31.6. The summed E-state index contributed by atoms with van der Waals surface area (Å²) in [5.41, 5.74) is 1.26. The quantitative estimate of drug-likeness (QED) is 0.620. The number of nitrogens with zero attached hydrogens (tertiary/aromatic N) is 4. The maximum atomic E-state index is 12.9. The van der Waals surface area contributed by atoms with E-state index in [0.717, 1.165) is 31.5 Å². The number of fused-ring (bicyclic) bond motifs is 1. The number of aromatic nitrogens is 3. The van der Waals surface area contributed by atoms with Gasteiger partial charge in [-0.2, -0.15) is 5.10 Å². The zero-order chi connectivity index (χ0) is 23.9. The van der Waals surface area contributed by atoms with Crippen molar-refractivity contribution in [3.05, 3.63) is 59.5 Å². The summed E-state index contributed by atoms with van der Waals surface area (Å²) in [6.45, 7) is 5.53. The lowest BCUT2D eigenvalue weighted by molar-refractivity contribution is 0.0786. The maximum Gasteiger partial charge on any atom is 0.272 e. The molecule has 0 aliphatic carbocycles. The molecule has 176 valence electrons. The SMILES string of the molecule is Cn1ccc(NC(=O)c2cc(Oc3ccc(C(=O)N4CCCC4)nc3)c3c(c2)OC(C)(C)C3)n1. The molecule has 0 spiro atoms. The second kappa shape index (κ2) is 8.48. The first-order valence-corrected chi connectivity index (χ1v) is 11.4. The number of hydrogen-bond donors (Lipinski definition) is 1. The van der Waals surface area contributed by atoms with E-state index in [1.54, 1.807) is 48.3 Å². The van der Waals surface area contributed by atoms with E-state index < -0.39 is 5.60 Å². The minimum absolute atomic E-state index is 0.0618. The van der Waals surface area contributed by atoms with Gasteiger partial charge in [0, 0.05) is 49.9 Å². The Kier molecular flexibility index (Phi) is 5.47. The number of likely N-dealkylation sites (tertiary alicyclic amines) is 1. The molecule has 2 aliphatic rings. The Morgan fingerprint density at radius 1 is 1.15 bits per heavy atom. The van der Waals surface area contributed by atoms with Gasteiger partial charge in [0.15, 0.2) is 5.82 Å². The lowest BCUT2D eigenvalue weighted by Crippen LogP contribution is -2.28. The van der Waals surface area contributed by atoms with Gasteiger partial charge in [-0.3, -0.25) is 14.3 Å². The molecule has 5 rings (SSSR count). The van der Waals surface area contributed by atoms with Gasteiger partial charge < -0.3 is 19.7 Å². The van der Waals surface area contributed by atoms with Crippen LogP contribution in [0.1, 0.15) is 53.1 Å². The lowest BCUT2D eigenvalue weighted by atomic mass is 9.99. The summed E-state index contributed by atoms with van der Waals surface area (Å²) in [6.07, 6.45) is 5.99. The normalized spacial score (nSPS) is 16.1. The molecule has 1 fully saturated rings. The van der Waals surface area contributed by atoms with Crippen LogP contribution in [0.3, 0.4) is 0 Å². The highest BCUT2D eigenvalue weighted by atomic mass is 16.5. The van der Waals surface area contributed by atoms with E-state index in [1.807, 2.05) is 18.7 Å². The highest BCUT2D eigenvalue weighted by Crippen LogP contribution is 2.43. The Bertz CT molecular complexity index is 1240. The van der Waals surface area contributed by atoms with Crippen LogP contribution in [-0.4, -0.2) is 50.2 Å². The Balaban J connectivity index is 1.40. The van der Waals surface area contributed by atoms with E-state index in [2.05, 4.69) is 15.4 Å². The fourth-order valence-electron chi connectivity index (χ4n) is 4.31. The molecule has 2 aromatic heterocycles. The highest BCUT2D eigenvalue weighted by Gasteiger charge is 2.34. The molecule has 0 radical (unpaired) electrons. The molecule has 1 aromatic carbocycles. The molecule has 0 bridgehead atoms. The number of rotatable bonds is 5. The first kappa shape index (κ1) is 21.9. The van der Waals surface area contributed by atoms with Gasteiger partial charge in [0.2, 0.25) is 0 Å². The summed E-state index contributed by atoms with van der Waals surface area (Å²) in [6, 6.07) is 8.55. The molecule has 3 aromatic rings. The third-order valence-electron chi connectivity index (χ3n) is 5.95. The number of carbonyl (C=O) groups is 2. The van der Waals surface area contributed by atoms with E-state index in [4.69, 9.17) is 9.47 Å². The van der Waals surface area contributed by atoms with Crippen LogP contribution < -0.4 is 14.8 Å². The van der Waals surface area contributed by atoms with Crippen LogP contribution in [0.4, 0.5) is 5.82 Å². The monoisotopic (exact) mass is 461 g/mol. The van der Waals surface area contributed by atoms with Gasteiger partial charge in [-0.25, -0.2) is 4.98 Å². The number of ether oxygens (including phenoxy) is 2. The van der Waals surface area contributed by atoms with E-state index in [9.17, 15) is 9.59 Å². The molecule has 4 heterocycles. The van der Waals surface area contributed by atoms with E-state index in [1.165, 1.54) is 6.20 Å². The van der Waals surface area contributed by atoms with Crippen molar-refractivity contribution in [1.82, 2.24) is 19.7 Å². The summed E-state index contributed by atoms with van der Waals surface area (Å²) < 4.78 is 13.8. The maximum absolute atomic E-state index is 12.9. The van der Waals surface area contributed by atoms with Gasteiger partial charge in [0.25, 0.3) is 11.8 Å². The Labute approximate surface area is 197 Å². The van der Waals surface area contributed by atoms with Crippen molar-refractivity contribution >= 4 is 17.6 Å². The highest BCUT2D eigenvalue weighted by molar-refractivity contribution is 6.04. The largest absolute Gasteiger partial charge is 0.487 e. The molecule has 1 saturated heterocycles. The summed E-state index contributed by atoms with van der Waals surface area (Å²) >= 11 is 0. The van der Waals surface area contributed by atoms with Gasteiger partial charge in [-0.15, -0.1) is 0 Å². The van der Waals surface area contributed by atoms with Crippen LogP contribution in [0.15, 0.2) is 42.7 Å². The lowest BCUT2D eigenvalue weighted by Gasteiger charge is -2.16. The first-order chi connectivity index (χ1) is 16.3. The van der Waals surface area contributed by atoms with Gasteiger partial charge in [-0.05, 0) is 51.0 Å². The minimum Gasteiger partial charge on any atom is -0.487 e. The van der Waals surface area contributed by atoms with Gasteiger partial charge >= 0.3 is 0 Å². The molecule has 1 N–H and O–H groups in total. The number of carbonyl (C=O) groups excluding carboxylic acids is 2. The van der Waals surface area contributed by atoms with E-state index in [-0.39, 0.29) is 11.8 Å². The van der Waals surface area contributed by atoms with Crippen LogP contribution in [-0.2, 0) is 13.5 Å². The smallest absolute Gasteiger partial charge is 0.272 e. The van der Waals surface area contributed by atoms with Crippen molar-refractivity contribution in [1.29, 1.82) is 0 Å². The van der Waals surface area contributed by atoms with Crippen molar-refractivity contribution < 1.29 is 19.1 Å². The van der Waals surface area contributed by atoms with Crippen molar-refractivity contribution in [3.63, 3.8) is 0 Å². The number of pyridine rings is 1. The zero-order valence-corrected chi connectivity index (χ0v) is 19.5. The van der Waals surface area contributed by atoms with Crippen molar-refractivity contribution in [2.24, 2.45) is 7.05 Å². The molecular weight excluding hydrogens is 434 g/mol. The van der Waals surface area contributed by atoms with Crippen LogP contribution in [0.25, 0.3) is 0 Å². The third-order valence-corrected chi connectivity index (χ3v) is 5.95. The Morgan fingerprint density at radius 3 is 2.62 bits per heavy atom. The van der Waals surface area contributed by atoms with Crippen LogP contribution >= 0.6 is 0 Å². The number of benzene rings is 1. The fourth-order valence-corrected chi connectivity index (χ4v) is 4.31. The minimum atomic E-state index is -0.416. The summed E-state index contributed by atoms with van der Waals surface area (Å²) in [7, 11) is 1.78.